The maximum Gasteiger partial charge on any atom is 0.262 e. The summed E-state index contributed by atoms with van der Waals surface area (Å²) in [6.07, 6.45) is 0. The first-order valence-corrected chi connectivity index (χ1v) is 5.81. The van der Waals surface area contributed by atoms with Gasteiger partial charge in [0.25, 0.3) is 5.91 Å². The number of benzene rings is 1. The molecule has 0 aromatic heterocycles. The molecule has 0 bridgehead atoms. The largest absolute Gasteiger partial charge is 0.292 e. The fourth-order valence-corrected chi connectivity index (χ4v) is 2.22. The molecular formula is C9H10Cl2N2OS. The van der Waals surface area contributed by atoms with Crippen LogP contribution >= 0.6 is 35.0 Å². The molecule has 0 heterocycles. The van der Waals surface area contributed by atoms with E-state index in [0.29, 0.717) is 5.02 Å². The molecule has 1 rings (SSSR count). The van der Waals surface area contributed by atoms with Crippen LogP contribution in [0.25, 0.3) is 0 Å². The van der Waals surface area contributed by atoms with Crippen LogP contribution in [0.4, 0.5) is 0 Å². The number of rotatable bonds is 3. The molecule has 0 aliphatic rings. The van der Waals surface area contributed by atoms with Gasteiger partial charge in [0.2, 0.25) is 0 Å². The highest BCUT2D eigenvalue weighted by Gasteiger charge is 2.15. The molecule has 0 saturated heterocycles. The van der Waals surface area contributed by atoms with Gasteiger partial charge in [0.05, 0.1) is 0 Å². The Hall–Kier alpha value is -0.420. The fraction of sp³-hybridized carbons (Fsp3) is 0.222. The van der Waals surface area contributed by atoms with Crippen LogP contribution in [0.3, 0.4) is 0 Å². The van der Waals surface area contributed by atoms with Crippen molar-refractivity contribution in [2.75, 3.05) is 0 Å². The van der Waals surface area contributed by atoms with Crippen molar-refractivity contribution < 1.29 is 4.79 Å². The third-order valence-electron chi connectivity index (χ3n) is 1.72. The SMILES string of the molecule is Cc1cc(SC(Cl)C(=O)NN)ccc1Cl. The number of hydrazine groups is 1. The van der Waals surface area contributed by atoms with Gasteiger partial charge < -0.3 is 0 Å². The number of hydrogen-bond donors (Lipinski definition) is 2. The third kappa shape index (κ3) is 3.57. The lowest BCUT2D eigenvalue weighted by Crippen LogP contribution is -2.35. The maximum absolute atomic E-state index is 11.1. The quantitative estimate of drug-likeness (QED) is 0.290. The Kier molecular flexibility index (Phi) is 4.73. The van der Waals surface area contributed by atoms with Crippen molar-refractivity contribution >= 4 is 40.9 Å². The highest BCUT2D eigenvalue weighted by atomic mass is 35.5. The second kappa shape index (κ2) is 5.61. The summed E-state index contributed by atoms with van der Waals surface area (Å²) < 4.78 is -0.740. The summed E-state index contributed by atoms with van der Waals surface area (Å²) in [4.78, 5) is 11.9. The summed E-state index contributed by atoms with van der Waals surface area (Å²) in [6, 6.07) is 5.44. The highest BCUT2D eigenvalue weighted by molar-refractivity contribution is 8.01. The van der Waals surface area contributed by atoms with Gasteiger partial charge in [0.1, 0.15) is 0 Å². The minimum absolute atomic E-state index is 0.422. The summed E-state index contributed by atoms with van der Waals surface area (Å²) in [5, 5.41) is 0.689. The lowest BCUT2D eigenvalue weighted by Gasteiger charge is -2.08. The lowest BCUT2D eigenvalue weighted by molar-refractivity contribution is -0.119. The Morgan fingerprint density at radius 2 is 2.27 bits per heavy atom. The van der Waals surface area contributed by atoms with E-state index >= 15 is 0 Å². The number of nitrogens with two attached hydrogens (primary N) is 1. The van der Waals surface area contributed by atoms with Crippen LogP contribution in [0.1, 0.15) is 5.56 Å². The number of hydrogen-bond acceptors (Lipinski definition) is 3. The second-order valence-electron chi connectivity index (χ2n) is 2.85. The summed E-state index contributed by atoms with van der Waals surface area (Å²) in [6.45, 7) is 1.89. The monoisotopic (exact) mass is 264 g/mol. The van der Waals surface area contributed by atoms with Crippen molar-refractivity contribution in [3.05, 3.63) is 28.8 Å². The molecule has 1 unspecified atom stereocenters. The number of halogens is 2. The molecule has 0 spiro atoms. The van der Waals surface area contributed by atoms with Crippen LogP contribution in [0.15, 0.2) is 23.1 Å². The zero-order valence-corrected chi connectivity index (χ0v) is 10.3. The van der Waals surface area contributed by atoms with E-state index in [-0.39, 0.29) is 0 Å². The van der Waals surface area contributed by atoms with Crippen molar-refractivity contribution in [3.8, 4) is 0 Å². The van der Waals surface area contributed by atoms with Crippen LogP contribution in [-0.2, 0) is 4.79 Å². The number of nitrogens with one attached hydrogen (secondary N) is 1. The molecule has 3 nitrogen and oxygen atoms in total. The van der Waals surface area contributed by atoms with Crippen molar-refractivity contribution in [2.45, 2.75) is 16.5 Å². The number of carbonyl (C=O) groups is 1. The molecule has 15 heavy (non-hydrogen) atoms. The smallest absolute Gasteiger partial charge is 0.262 e. The summed E-state index contributed by atoms with van der Waals surface area (Å²) in [5.41, 5.74) is 2.94. The first-order chi connectivity index (χ1) is 7.04. The van der Waals surface area contributed by atoms with Crippen LogP contribution in [-0.4, -0.2) is 10.6 Å². The molecule has 3 N–H and O–H groups in total. The average Bonchev–Trinajstić information content (AvgIpc) is 2.22. The molecule has 0 fully saturated rings. The number of aryl methyl sites for hydroxylation is 1. The molecule has 6 heteroatoms. The molecule has 82 valence electrons. The van der Waals surface area contributed by atoms with Crippen LogP contribution < -0.4 is 11.3 Å². The number of alkyl halides is 1. The van der Waals surface area contributed by atoms with E-state index < -0.39 is 10.6 Å². The van der Waals surface area contributed by atoms with Crippen molar-refractivity contribution in [1.29, 1.82) is 0 Å². The maximum atomic E-state index is 11.1. The third-order valence-corrected chi connectivity index (χ3v) is 3.55. The van der Waals surface area contributed by atoms with Crippen LogP contribution in [0.5, 0.6) is 0 Å². The number of carbonyl (C=O) groups excluding carboxylic acids is 1. The Bertz CT molecular complexity index is 373. The van der Waals surface area contributed by atoms with E-state index in [9.17, 15) is 4.79 Å². The zero-order chi connectivity index (χ0) is 11.4. The number of amides is 1. The molecular weight excluding hydrogens is 255 g/mol. The Morgan fingerprint density at radius 1 is 1.60 bits per heavy atom. The Morgan fingerprint density at radius 3 is 2.80 bits per heavy atom. The Balaban J connectivity index is 2.73. The number of thioether (sulfide) groups is 1. The van der Waals surface area contributed by atoms with Gasteiger partial charge in [0, 0.05) is 9.92 Å². The topological polar surface area (TPSA) is 55.1 Å². The van der Waals surface area contributed by atoms with Crippen LogP contribution in [0, 0.1) is 6.92 Å². The standard InChI is InChI=1S/C9H10Cl2N2OS/c1-5-4-6(2-3-7(5)10)15-8(11)9(14)13-12/h2-4,8H,12H2,1H3,(H,13,14). The molecule has 1 amide bonds. The van der Waals surface area contributed by atoms with E-state index in [0.717, 1.165) is 10.5 Å². The predicted molar refractivity (Wildman–Crippen MR) is 64.0 cm³/mol. The zero-order valence-electron chi connectivity index (χ0n) is 7.96. The molecule has 1 aromatic rings. The van der Waals surface area contributed by atoms with E-state index in [2.05, 4.69) is 0 Å². The molecule has 0 aliphatic carbocycles. The van der Waals surface area contributed by atoms with Gasteiger partial charge in [-0.1, -0.05) is 35.0 Å². The van der Waals surface area contributed by atoms with Crippen molar-refractivity contribution in [2.24, 2.45) is 5.84 Å². The van der Waals surface area contributed by atoms with E-state index in [4.69, 9.17) is 29.0 Å². The van der Waals surface area contributed by atoms with Gasteiger partial charge >= 0.3 is 0 Å². The van der Waals surface area contributed by atoms with E-state index in [1.165, 1.54) is 11.8 Å². The van der Waals surface area contributed by atoms with Gasteiger partial charge in [-0.3, -0.25) is 10.2 Å². The summed E-state index contributed by atoms with van der Waals surface area (Å²) in [7, 11) is 0. The van der Waals surface area contributed by atoms with Gasteiger partial charge in [-0.05, 0) is 30.7 Å². The van der Waals surface area contributed by atoms with Gasteiger partial charge in [0.15, 0.2) is 4.71 Å². The molecule has 1 aromatic carbocycles. The van der Waals surface area contributed by atoms with E-state index in [1.807, 2.05) is 18.4 Å². The minimum Gasteiger partial charge on any atom is -0.292 e. The van der Waals surface area contributed by atoms with Gasteiger partial charge in [-0.15, -0.1) is 0 Å². The first kappa shape index (κ1) is 12.6. The van der Waals surface area contributed by atoms with Crippen LogP contribution in [0.2, 0.25) is 5.02 Å². The summed E-state index contributed by atoms with van der Waals surface area (Å²) >= 11 is 12.9. The molecule has 0 saturated carbocycles. The summed E-state index contributed by atoms with van der Waals surface area (Å²) in [5.74, 6) is 4.54. The molecule has 1 atom stereocenters. The fourth-order valence-electron chi connectivity index (χ4n) is 0.929. The second-order valence-corrected chi connectivity index (χ2v) is 5.13. The van der Waals surface area contributed by atoms with Gasteiger partial charge in [-0.25, -0.2) is 5.84 Å². The predicted octanol–water partition coefficient (Wildman–Crippen LogP) is 2.30. The molecule has 0 aliphatic heterocycles. The van der Waals surface area contributed by atoms with Crippen molar-refractivity contribution in [1.82, 2.24) is 5.43 Å². The lowest BCUT2D eigenvalue weighted by atomic mass is 10.2. The van der Waals surface area contributed by atoms with E-state index in [1.54, 1.807) is 12.1 Å². The van der Waals surface area contributed by atoms with Crippen molar-refractivity contribution in [3.63, 3.8) is 0 Å². The first-order valence-electron chi connectivity index (χ1n) is 4.12. The normalized spacial score (nSPS) is 12.3. The van der Waals surface area contributed by atoms with Gasteiger partial charge in [-0.2, -0.15) is 0 Å². The highest BCUT2D eigenvalue weighted by Crippen LogP contribution is 2.28. The average molecular weight is 265 g/mol. The molecule has 0 radical (unpaired) electrons. The Labute approximate surface area is 102 Å². The minimum atomic E-state index is -0.740.